The molecule has 3 nitrogen and oxygen atoms in total. The average molecular weight is 340 g/mol. The monoisotopic (exact) mass is 339 g/mol. The Kier molecular flexibility index (Phi) is 4.26. The van der Waals surface area contributed by atoms with E-state index in [0.29, 0.717) is 6.54 Å². The first-order valence-electron chi connectivity index (χ1n) is 6.94. The molecular formula is C16H22BrNO2. The number of carboxylic acid groups (broad SMARTS) is 1. The summed E-state index contributed by atoms with van der Waals surface area (Å²) in [6.45, 7) is 9.90. The summed E-state index contributed by atoms with van der Waals surface area (Å²) in [5, 5.41) is 9.55. The van der Waals surface area contributed by atoms with Gasteiger partial charge in [0, 0.05) is 29.0 Å². The van der Waals surface area contributed by atoms with Crippen molar-refractivity contribution in [3.8, 4) is 0 Å². The van der Waals surface area contributed by atoms with E-state index in [0.717, 1.165) is 22.1 Å². The molecule has 1 N–H and O–H groups in total. The molecule has 1 heterocycles. The highest BCUT2D eigenvalue weighted by molar-refractivity contribution is 9.10. The Hall–Kier alpha value is -0.870. The van der Waals surface area contributed by atoms with Crippen molar-refractivity contribution in [3.05, 3.63) is 33.8 Å². The van der Waals surface area contributed by atoms with Crippen LogP contribution in [0.2, 0.25) is 0 Å². The first-order chi connectivity index (χ1) is 9.21. The number of nitrogens with zero attached hydrogens (tertiary/aromatic N) is 1. The number of carbonyl (C=O) groups is 1. The first-order valence-corrected chi connectivity index (χ1v) is 7.74. The maximum Gasteiger partial charge on any atom is 0.308 e. The molecule has 0 spiro atoms. The lowest BCUT2D eigenvalue weighted by atomic mass is 9.86. The van der Waals surface area contributed by atoms with Crippen LogP contribution in [0.15, 0.2) is 22.7 Å². The summed E-state index contributed by atoms with van der Waals surface area (Å²) in [7, 11) is 0. The first kappa shape index (κ1) is 15.5. The lowest BCUT2D eigenvalue weighted by molar-refractivity contribution is -0.141. The lowest BCUT2D eigenvalue weighted by Crippen LogP contribution is -2.40. The molecule has 1 fully saturated rings. The zero-order chi connectivity index (χ0) is 15.1. The van der Waals surface area contributed by atoms with Crippen LogP contribution in [0.3, 0.4) is 0 Å². The standard InChI is InChI=1S/C16H22BrNO2/c1-10-11(6-5-7-14(10)17)12-8-18(16(2,3)4)9-13(12)15(19)20/h5-7,12-13H,8-9H2,1-4H3,(H,19,20)/t12-,13+/m0/s1. The Labute approximate surface area is 129 Å². The van der Waals surface area contributed by atoms with Crippen LogP contribution in [0.4, 0.5) is 0 Å². The van der Waals surface area contributed by atoms with Crippen molar-refractivity contribution >= 4 is 21.9 Å². The van der Waals surface area contributed by atoms with Gasteiger partial charge in [-0.25, -0.2) is 0 Å². The van der Waals surface area contributed by atoms with Crippen LogP contribution in [-0.4, -0.2) is 34.6 Å². The fourth-order valence-corrected chi connectivity index (χ4v) is 3.32. The van der Waals surface area contributed by atoms with Gasteiger partial charge in [-0.2, -0.15) is 0 Å². The van der Waals surface area contributed by atoms with Gasteiger partial charge in [0.25, 0.3) is 0 Å². The molecule has 4 heteroatoms. The van der Waals surface area contributed by atoms with Crippen LogP contribution < -0.4 is 0 Å². The van der Waals surface area contributed by atoms with Crippen LogP contribution in [0.5, 0.6) is 0 Å². The van der Waals surface area contributed by atoms with E-state index in [9.17, 15) is 9.90 Å². The Morgan fingerprint density at radius 2 is 2.00 bits per heavy atom. The molecule has 1 aromatic carbocycles. The van der Waals surface area contributed by atoms with Crippen LogP contribution >= 0.6 is 15.9 Å². The number of benzene rings is 1. The van der Waals surface area contributed by atoms with E-state index in [1.807, 2.05) is 12.1 Å². The molecule has 0 bridgehead atoms. The molecule has 0 aliphatic carbocycles. The smallest absolute Gasteiger partial charge is 0.308 e. The van der Waals surface area contributed by atoms with Gasteiger partial charge in [0.05, 0.1) is 5.92 Å². The molecule has 1 aliphatic rings. The van der Waals surface area contributed by atoms with E-state index < -0.39 is 5.97 Å². The van der Waals surface area contributed by atoms with E-state index in [1.54, 1.807) is 0 Å². The summed E-state index contributed by atoms with van der Waals surface area (Å²) < 4.78 is 1.05. The van der Waals surface area contributed by atoms with E-state index in [-0.39, 0.29) is 17.4 Å². The minimum atomic E-state index is -0.693. The zero-order valence-corrected chi connectivity index (χ0v) is 14.1. The molecule has 20 heavy (non-hydrogen) atoms. The van der Waals surface area contributed by atoms with Crippen molar-refractivity contribution in [3.63, 3.8) is 0 Å². The third-order valence-electron chi connectivity index (χ3n) is 4.29. The third-order valence-corrected chi connectivity index (χ3v) is 5.15. The fraction of sp³-hybridized carbons (Fsp3) is 0.562. The van der Waals surface area contributed by atoms with Gasteiger partial charge in [-0.15, -0.1) is 0 Å². The molecular weight excluding hydrogens is 318 g/mol. The second-order valence-electron chi connectivity index (χ2n) is 6.58. The Balaban J connectivity index is 2.38. The Morgan fingerprint density at radius 1 is 1.35 bits per heavy atom. The number of rotatable bonds is 2. The van der Waals surface area contributed by atoms with Crippen LogP contribution in [0.25, 0.3) is 0 Å². The van der Waals surface area contributed by atoms with Crippen molar-refractivity contribution in [1.29, 1.82) is 0 Å². The summed E-state index contributed by atoms with van der Waals surface area (Å²) in [5.74, 6) is -0.965. The normalized spacial score (nSPS) is 24.1. The number of hydrogen-bond acceptors (Lipinski definition) is 2. The quantitative estimate of drug-likeness (QED) is 0.893. The van der Waals surface area contributed by atoms with Gasteiger partial charge in [-0.1, -0.05) is 28.1 Å². The number of halogens is 1. The minimum absolute atomic E-state index is 0.00235. The van der Waals surface area contributed by atoms with Gasteiger partial charge in [-0.3, -0.25) is 9.69 Å². The van der Waals surface area contributed by atoms with Gasteiger partial charge in [0.2, 0.25) is 0 Å². The van der Waals surface area contributed by atoms with Crippen LogP contribution in [-0.2, 0) is 4.79 Å². The molecule has 2 rings (SSSR count). The van der Waals surface area contributed by atoms with Gasteiger partial charge in [-0.05, 0) is 44.9 Å². The highest BCUT2D eigenvalue weighted by Crippen LogP contribution is 2.38. The molecule has 0 radical (unpaired) electrons. The molecule has 0 aromatic heterocycles. The largest absolute Gasteiger partial charge is 0.481 e. The SMILES string of the molecule is Cc1c(Br)cccc1[C@@H]1CN(C(C)(C)C)C[C@H]1C(=O)O. The maximum atomic E-state index is 11.6. The molecule has 1 aromatic rings. The highest BCUT2D eigenvalue weighted by Gasteiger charge is 2.42. The van der Waals surface area contributed by atoms with Crippen molar-refractivity contribution in [2.24, 2.45) is 5.92 Å². The minimum Gasteiger partial charge on any atom is -0.481 e. The third kappa shape index (κ3) is 2.91. The van der Waals surface area contributed by atoms with Crippen molar-refractivity contribution in [2.45, 2.75) is 39.2 Å². The van der Waals surface area contributed by atoms with Crippen molar-refractivity contribution in [2.75, 3.05) is 13.1 Å². The molecule has 0 unspecified atom stereocenters. The summed E-state index contributed by atoms with van der Waals surface area (Å²) in [5.41, 5.74) is 2.31. The predicted molar refractivity (Wildman–Crippen MR) is 84.1 cm³/mol. The number of likely N-dealkylation sites (tertiary alicyclic amines) is 1. The topological polar surface area (TPSA) is 40.5 Å². The molecule has 110 valence electrons. The molecule has 0 amide bonds. The second-order valence-corrected chi connectivity index (χ2v) is 7.44. The zero-order valence-electron chi connectivity index (χ0n) is 12.5. The maximum absolute atomic E-state index is 11.6. The summed E-state index contributed by atoms with van der Waals surface area (Å²) in [6.07, 6.45) is 0. The van der Waals surface area contributed by atoms with Crippen molar-refractivity contribution in [1.82, 2.24) is 4.90 Å². The van der Waals surface area contributed by atoms with Crippen molar-refractivity contribution < 1.29 is 9.90 Å². The second kappa shape index (κ2) is 5.49. The van der Waals surface area contributed by atoms with Gasteiger partial charge in [0.15, 0.2) is 0 Å². The number of hydrogen-bond donors (Lipinski definition) is 1. The average Bonchev–Trinajstić information content (AvgIpc) is 2.77. The van der Waals surface area contributed by atoms with Crippen LogP contribution in [0, 0.1) is 12.8 Å². The predicted octanol–water partition coefficient (Wildman–Crippen LogP) is 3.66. The Morgan fingerprint density at radius 3 is 2.55 bits per heavy atom. The van der Waals surface area contributed by atoms with E-state index >= 15 is 0 Å². The van der Waals surface area contributed by atoms with Gasteiger partial charge >= 0.3 is 5.97 Å². The fourth-order valence-electron chi connectivity index (χ4n) is 2.94. The van der Waals surface area contributed by atoms with Gasteiger partial charge < -0.3 is 5.11 Å². The summed E-state index contributed by atoms with van der Waals surface area (Å²) in [4.78, 5) is 13.9. The Bertz CT molecular complexity index is 522. The van der Waals surface area contributed by atoms with Crippen LogP contribution in [0.1, 0.15) is 37.8 Å². The van der Waals surface area contributed by atoms with E-state index in [2.05, 4.69) is 54.6 Å². The summed E-state index contributed by atoms with van der Waals surface area (Å²) in [6, 6.07) is 6.06. The highest BCUT2D eigenvalue weighted by atomic mass is 79.9. The molecule has 1 saturated heterocycles. The molecule has 2 atom stereocenters. The lowest BCUT2D eigenvalue weighted by Gasteiger charge is -2.31. The van der Waals surface area contributed by atoms with Gasteiger partial charge in [0.1, 0.15) is 0 Å². The number of carboxylic acids is 1. The van der Waals surface area contributed by atoms with E-state index in [1.165, 1.54) is 0 Å². The molecule has 1 aliphatic heterocycles. The summed E-state index contributed by atoms with van der Waals surface area (Å²) >= 11 is 3.54. The molecule has 0 saturated carbocycles. The van der Waals surface area contributed by atoms with E-state index in [4.69, 9.17) is 0 Å². The number of aliphatic carboxylic acids is 1.